The van der Waals surface area contributed by atoms with E-state index >= 15 is 0 Å². The van der Waals surface area contributed by atoms with E-state index in [4.69, 9.17) is 9.47 Å². The maximum absolute atomic E-state index is 9.18. The summed E-state index contributed by atoms with van der Waals surface area (Å²) in [6.45, 7) is 1.76. The fraction of sp³-hybridized carbons (Fsp3) is 0.278. The lowest BCUT2D eigenvalue weighted by Crippen LogP contribution is -2.27. The van der Waals surface area contributed by atoms with Crippen molar-refractivity contribution in [3.8, 4) is 11.9 Å². The first-order valence-electron chi connectivity index (χ1n) is 7.30. The first-order valence-corrected chi connectivity index (χ1v) is 7.30. The first-order chi connectivity index (χ1) is 10.8. The van der Waals surface area contributed by atoms with Crippen molar-refractivity contribution < 1.29 is 9.47 Å². The second-order valence-electron chi connectivity index (χ2n) is 5.24. The minimum Gasteiger partial charge on any atom is -0.497 e. The molecule has 0 bridgehead atoms. The Morgan fingerprint density at radius 2 is 1.95 bits per heavy atom. The van der Waals surface area contributed by atoms with Crippen LogP contribution < -0.4 is 4.74 Å². The smallest absolute Gasteiger partial charge is 0.179 e. The molecule has 1 atom stereocenters. The van der Waals surface area contributed by atoms with Crippen molar-refractivity contribution in [3.63, 3.8) is 0 Å². The molecular formula is C18H18N2O2. The molecule has 4 heteroatoms. The Hall–Kier alpha value is -2.51. The molecule has 0 fully saturated rings. The van der Waals surface area contributed by atoms with Gasteiger partial charge in [-0.25, -0.2) is 0 Å². The van der Waals surface area contributed by atoms with E-state index in [0.717, 1.165) is 22.4 Å². The molecule has 1 aliphatic rings. The Morgan fingerprint density at radius 3 is 2.68 bits per heavy atom. The molecule has 3 rings (SSSR count). The molecule has 1 heterocycles. The van der Waals surface area contributed by atoms with Gasteiger partial charge in [0.05, 0.1) is 26.8 Å². The van der Waals surface area contributed by atoms with Crippen molar-refractivity contribution in [2.45, 2.75) is 12.6 Å². The number of methoxy groups -OCH3 is 1. The highest BCUT2D eigenvalue weighted by Gasteiger charge is 2.22. The Bertz CT molecular complexity index is 676. The van der Waals surface area contributed by atoms with Crippen LogP contribution in [0.15, 0.2) is 48.5 Å². The van der Waals surface area contributed by atoms with Crippen LogP contribution in [0, 0.1) is 11.5 Å². The molecule has 0 radical (unpaired) electrons. The zero-order valence-electron chi connectivity index (χ0n) is 12.5. The van der Waals surface area contributed by atoms with Crippen LogP contribution >= 0.6 is 0 Å². The molecular weight excluding hydrogens is 276 g/mol. The van der Waals surface area contributed by atoms with Gasteiger partial charge in [-0.2, -0.15) is 5.26 Å². The monoisotopic (exact) mass is 294 g/mol. The molecule has 2 aromatic rings. The van der Waals surface area contributed by atoms with E-state index in [-0.39, 0.29) is 6.10 Å². The van der Waals surface area contributed by atoms with Gasteiger partial charge < -0.3 is 14.4 Å². The van der Waals surface area contributed by atoms with E-state index in [1.807, 2.05) is 36.4 Å². The minimum absolute atomic E-state index is 0.108. The third kappa shape index (κ3) is 2.90. The average molecular weight is 294 g/mol. The van der Waals surface area contributed by atoms with E-state index < -0.39 is 0 Å². The van der Waals surface area contributed by atoms with Gasteiger partial charge in [0.25, 0.3) is 0 Å². The van der Waals surface area contributed by atoms with Gasteiger partial charge in [-0.15, -0.1) is 0 Å². The SMILES string of the molecule is COc1ccc(C2OCCN(C#N)Cc3ccccc32)cc1. The molecule has 0 N–H and O–H groups in total. The van der Waals surface area contributed by atoms with Crippen molar-refractivity contribution in [2.24, 2.45) is 0 Å². The van der Waals surface area contributed by atoms with Gasteiger partial charge in [0.15, 0.2) is 6.19 Å². The molecule has 1 aliphatic heterocycles. The lowest BCUT2D eigenvalue weighted by Gasteiger charge is -2.27. The Morgan fingerprint density at radius 1 is 1.18 bits per heavy atom. The molecule has 0 amide bonds. The summed E-state index contributed by atoms with van der Waals surface area (Å²) in [5.74, 6) is 0.832. The fourth-order valence-corrected chi connectivity index (χ4v) is 2.73. The number of hydrogen-bond donors (Lipinski definition) is 0. The quantitative estimate of drug-likeness (QED) is 0.798. The van der Waals surface area contributed by atoms with Crippen LogP contribution in [0.1, 0.15) is 22.8 Å². The summed E-state index contributed by atoms with van der Waals surface area (Å²) in [6.07, 6.45) is 2.11. The summed E-state index contributed by atoms with van der Waals surface area (Å²) in [7, 11) is 1.66. The van der Waals surface area contributed by atoms with Crippen LogP contribution in [0.3, 0.4) is 0 Å². The van der Waals surface area contributed by atoms with Crippen LogP contribution in [0.2, 0.25) is 0 Å². The minimum atomic E-state index is -0.108. The molecule has 0 aliphatic carbocycles. The number of nitriles is 1. The van der Waals surface area contributed by atoms with E-state index in [1.165, 1.54) is 0 Å². The maximum atomic E-state index is 9.18. The van der Waals surface area contributed by atoms with Crippen LogP contribution in [0.4, 0.5) is 0 Å². The normalized spacial score (nSPS) is 17.8. The molecule has 22 heavy (non-hydrogen) atoms. The fourth-order valence-electron chi connectivity index (χ4n) is 2.73. The van der Waals surface area contributed by atoms with Gasteiger partial charge in [-0.1, -0.05) is 36.4 Å². The summed E-state index contributed by atoms with van der Waals surface area (Å²) < 4.78 is 11.3. The molecule has 0 aromatic heterocycles. The molecule has 1 unspecified atom stereocenters. The summed E-state index contributed by atoms with van der Waals surface area (Å²) in [5, 5.41) is 9.18. The zero-order chi connectivity index (χ0) is 15.4. The number of ether oxygens (including phenoxy) is 2. The van der Waals surface area contributed by atoms with Crippen LogP contribution in [0.5, 0.6) is 5.75 Å². The van der Waals surface area contributed by atoms with Gasteiger partial charge in [0.2, 0.25) is 0 Å². The number of fused-ring (bicyclic) bond motifs is 1. The predicted octanol–water partition coefficient (Wildman–Crippen LogP) is 3.10. The number of nitrogens with zero attached hydrogens (tertiary/aromatic N) is 2. The van der Waals surface area contributed by atoms with Gasteiger partial charge in [-0.3, -0.25) is 0 Å². The maximum Gasteiger partial charge on any atom is 0.179 e. The third-order valence-electron chi connectivity index (χ3n) is 3.90. The average Bonchev–Trinajstić information content (AvgIpc) is 2.56. The molecule has 0 saturated carbocycles. The van der Waals surface area contributed by atoms with Gasteiger partial charge in [0.1, 0.15) is 11.9 Å². The molecule has 4 nitrogen and oxygen atoms in total. The Labute approximate surface area is 130 Å². The summed E-state index contributed by atoms with van der Waals surface area (Å²) in [4.78, 5) is 1.73. The first kappa shape index (κ1) is 14.4. The zero-order valence-corrected chi connectivity index (χ0v) is 12.5. The second-order valence-corrected chi connectivity index (χ2v) is 5.24. The topological polar surface area (TPSA) is 45.5 Å². The van der Waals surface area contributed by atoms with E-state index in [2.05, 4.69) is 18.3 Å². The molecule has 112 valence electrons. The van der Waals surface area contributed by atoms with Crippen molar-refractivity contribution in [3.05, 3.63) is 65.2 Å². The molecule has 2 aromatic carbocycles. The Balaban J connectivity index is 1.98. The predicted molar refractivity (Wildman–Crippen MR) is 83.3 cm³/mol. The highest BCUT2D eigenvalue weighted by Crippen LogP contribution is 2.31. The van der Waals surface area contributed by atoms with Gasteiger partial charge in [-0.05, 0) is 28.8 Å². The highest BCUT2D eigenvalue weighted by atomic mass is 16.5. The standard InChI is InChI=1S/C18H18N2O2/c1-21-16-8-6-14(7-9-16)18-17-5-3-2-4-15(17)12-20(13-19)10-11-22-18/h2-9,18H,10-12H2,1H3. The lowest BCUT2D eigenvalue weighted by molar-refractivity contribution is 0.0609. The highest BCUT2D eigenvalue weighted by molar-refractivity contribution is 5.38. The van der Waals surface area contributed by atoms with Crippen molar-refractivity contribution in [2.75, 3.05) is 20.3 Å². The van der Waals surface area contributed by atoms with E-state index in [0.29, 0.717) is 19.7 Å². The largest absolute Gasteiger partial charge is 0.497 e. The van der Waals surface area contributed by atoms with Crippen molar-refractivity contribution >= 4 is 0 Å². The van der Waals surface area contributed by atoms with Crippen LogP contribution in [0.25, 0.3) is 0 Å². The number of benzene rings is 2. The number of rotatable bonds is 2. The van der Waals surface area contributed by atoms with Crippen LogP contribution in [-0.2, 0) is 11.3 Å². The lowest BCUT2D eigenvalue weighted by atomic mass is 9.95. The van der Waals surface area contributed by atoms with Gasteiger partial charge in [0, 0.05) is 0 Å². The summed E-state index contributed by atoms with van der Waals surface area (Å²) in [6, 6.07) is 16.1. The van der Waals surface area contributed by atoms with Crippen molar-refractivity contribution in [1.82, 2.24) is 4.90 Å². The number of hydrogen-bond acceptors (Lipinski definition) is 4. The summed E-state index contributed by atoms with van der Waals surface area (Å²) >= 11 is 0. The van der Waals surface area contributed by atoms with Crippen molar-refractivity contribution in [1.29, 1.82) is 5.26 Å². The van der Waals surface area contributed by atoms with Crippen LogP contribution in [-0.4, -0.2) is 25.2 Å². The Kier molecular flexibility index (Phi) is 4.27. The summed E-state index contributed by atoms with van der Waals surface area (Å²) in [5.41, 5.74) is 3.34. The van der Waals surface area contributed by atoms with E-state index in [1.54, 1.807) is 12.0 Å². The second kappa shape index (κ2) is 6.50. The van der Waals surface area contributed by atoms with E-state index in [9.17, 15) is 5.26 Å². The molecule has 0 saturated heterocycles. The molecule has 0 spiro atoms. The third-order valence-corrected chi connectivity index (χ3v) is 3.90. The van der Waals surface area contributed by atoms with Gasteiger partial charge >= 0.3 is 0 Å².